The van der Waals surface area contributed by atoms with Gasteiger partial charge in [0.1, 0.15) is 5.52 Å². The third-order valence-electron chi connectivity index (χ3n) is 3.29. The highest BCUT2D eigenvalue weighted by molar-refractivity contribution is 9.10. The maximum atomic E-state index is 14.5. The summed E-state index contributed by atoms with van der Waals surface area (Å²) >= 11 is 3.42. The lowest BCUT2D eigenvalue weighted by Crippen LogP contribution is -2.01. The summed E-state index contributed by atoms with van der Waals surface area (Å²) in [5.41, 5.74) is 1.87. The second-order valence-corrected chi connectivity index (χ2v) is 5.49. The van der Waals surface area contributed by atoms with Crippen molar-refractivity contribution in [1.82, 2.24) is 9.78 Å². The molecule has 3 aromatic rings. The van der Waals surface area contributed by atoms with Crippen LogP contribution in [0.2, 0.25) is 0 Å². The number of rotatable bonds is 2. The Kier molecular flexibility index (Phi) is 3.41. The van der Waals surface area contributed by atoms with E-state index in [1.807, 2.05) is 19.1 Å². The first-order chi connectivity index (χ1) is 10.0. The zero-order chi connectivity index (χ0) is 15.1. The number of methoxy groups -OCH3 is 1. The average Bonchev–Trinajstić information content (AvgIpc) is 2.86. The van der Waals surface area contributed by atoms with Gasteiger partial charge in [0.25, 0.3) is 0 Å². The first-order valence-electron chi connectivity index (χ1n) is 6.19. The van der Waals surface area contributed by atoms with Gasteiger partial charge in [0.05, 0.1) is 19.0 Å². The molecule has 0 aliphatic heterocycles. The van der Waals surface area contributed by atoms with E-state index >= 15 is 0 Å². The van der Waals surface area contributed by atoms with E-state index < -0.39 is 17.4 Å². The van der Waals surface area contributed by atoms with Crippen molar-refractivity contribution in [3.8, 4) is 11.4 Å². The Labute approximate surface area is 128 Å². The molecular weight excluding hydrogens is 342 g/mol. The third kappa shape index (κ3) is 2.19. The number of hydrogen-bond donors (Lipinski definition) is 0. The largest absolute Gasteiger partial charge is 0.491 e. The van der Waals surface area contributed by atoms with Gasteiger partial charge in [-0.3, -0.25) is 0 Å². The zero-order valence-electron chi connectivity index (χ0n) is 11.3. The van der Waals surface area contributed by atoms with Crippen LogP contribution in [0.25, 0.3) is 16.6 Å². The number of fused-ring (bicyclic) bond motifs is 1. The fraction of sp³-hybridized carbons (Fsp3) is 0.133. The predicted molar refractivity (Wildman–Crippen MR) is 80.0 cm³/mol. The van der Waals surface area contributed by atoms with Gasteiger partial charge < -0.3 is 4.74 Å². The Hall–Kier alpha value is -1.95. The van der Waals surface area contributed by atoms with E-state index in [1.165, 1.54) is 24.1 Å². The van der Waals surface area contributed by atoms with E-state index in [9.17, 15) is 8.78 Å². The molecule has 0 aliphatic rings. The van der Waals surface area contributed by atoms with E-state index in [-0.39, 0.29) is 5.52 Å². The molecular formula is C15H11BrF2N2O. The minimum absolute atomic E-state index is 0.190. The van der Waals surface area contributed by atoms with Crippen LogP contribution in [0.1, 0.15) is 5.56 Å². The van der Waals surface area contributed by atoms with E-state index in [1.54, 1.807) is 6.07 Å². The molecule has 6 heteroatoms. The fourth-order valence-corrected chi connectivity index (χ4v) is 2.49. The van der Waals surface area contributed by atoms with Gasteiger partial charge in [0, 0.05) is 9.86 Å². The predicted octanol–water partition coefficient (Wildman–Crippen LogP) is 4.38. The maximum absolute atomic E-state index is 14.5. The molecule has 2 aromatic carbocycles. The van der Waals surface area contributed by atoms with Crippen LogP contribution in [-0.2, 0) is 0 Å². The van der Waals surface area contributed by atoms with E-state index in [0.29, 0.717) is 11.1 Å². The standard InChI is InChI=1S/C15H11BrF2N2O/c1-8-5-10(3-4-11(8)16)20-14-9(7-19-20)6-12(17)15(21-2)13(14)18/h3-7H,1-2H3. The van der Waals surface area contributed by atoms with Crippen LogP contribution in [0, 0.1) is 18.6 Å². The minimum atomic E-state index is -0.759. The van der Waals surface area contributed by atoms with Crippen LogP contribution in [0.3, 0.4) is 0 Å². The zero-order valence-corrected chi connectivity index (χ0v) is 12.9. The number of nitrogens with zero attached hydrogens (tertiary/aromatic N) is 2. The van der Waals surface area contributed by atoms with Gasteiger partial charge in [-0.2, -0.15) is 5.10 Å². The molecule has 0 unspecified atom stereocenters. The van der Waals surface area contributed by atoms with Crippen LogP contribution in [-0.4, -0.2) is 16.9 Å². The molecule has 3 rings (SSSR count). The fourth-order valence-electron chi connectivity index (χ4n) is 2.24. The van der Waals surface area contributed by atoms with Crippen molar-refractivity contribution >= 4 is 26.8 Å². The summed E-state index contributed by atoms with van der Waals surface area (Å²) in [6, 6.07) is 6.74. The normalized spacial score (nSPS) is 11.1. The Morgan fingerprint density at radius 1 is 1.24 bits per heavy atom. The summed E-state index contributed by atoms with van der Waals surface area (Å²) in [7, 11) is 1.23. The smallest absolute Gasteiger partial charge is 0.194 e. The molecule has 0 fully saturated rings. The van der Waals surface area contributed by atoms with E-state index in [0.717, 1.165) is 10.0 Å². The van der Waals surface area contributed by atoms with Gasteiger partial charge >= 0.3 is 0 Å². The Bertz CT molecular complexity index is 845. The van der Waals surface area contributed by atoms with Gasteiger partial charge in [0.15, 0.2) is 17.4 Å². The summed E-state index contributed by atoms with van der Waals surface area (Å²) < 4.78 is 35.3. The van der Waals surface area contributed by atoms with Gasteiger partial charge in [-0.15, -0.1) is 0 Å². The Morgan fingerprint density at radius 2 is 2.00 bits per heavy atom. The van der Waals surface area contributed by atoms with Crippen LogP contribution < -0.4 is 4.74 Å². The minimum Gasteiger partial charge on any atom is -0.491 e. The molecule has 0 aliphatic carbocycles. The first kappa shape index (κ1) is 14.0. The molecule has 1 heterocycles. The summed E-state index contributed by atoms with van der Waals surface area (Å²) in [5.74, 6) is -1.90. The number of aromatic nitrogens is 2. The Balaban J connectivity index is 2.31. The third-order valence-corrected chi connectivity index (χ3v) is 4.18. The van der Waals surface area contributed by atoms with Crippen molar-refractivity contribution in [3.05, 3.63) is 52.1 Å². The summed E-state index contributed by atoms with van der Waals surface area (Å²) in [6.45, 7) is 1.93. The molecule has 21 heavy (non-hydrogen) atoms. The molecule has 0 saturated carbocycles. The van der Waals surface area contributed by atoms with Crippen molar-refractivity contribution in [2.75, 3.05) is 7.11 Å². The van der Waals surface area contributed by atoms with Crippen LogP contribution in [0.15, 0.2) is 34.9 Å². The summed E-state index contributed by atoms with van der Waals surface area (Å²) in [5, 5.41) is 4.53. The molecule has 0 N–H and O–H groups in total. The van der Waals surface area contributed by atoms with Crippen LogP contribution in [0.5, 0.6) is 5.75 Å². The Morgan fingerprint density at radius 3 is 2.67 bits per heavy atom. The topological polar surface area (TPSA) is 27.1 Å². The number of ether oxygens (including phenoxy) is 1. The molecule has 108 valence electrons. The molecule has 0 radical (unpaired) electrons. The van der Waals surface area contributed by atoms with Gasteiger partial charge in [-0.05, 0) is 36.8 Å². The second kappa shape index (κ2) is 5.11. The number of hydrogen-bond acceptors (Lipinski definition) is 2. The highest BCUT2D eigenvalue weighted by Crippen LogP contribution is 2.31. The monoisotopic (exact) mass is 352 g/mol. The van der Waals surface area contributed by atoms with Gasteiger partial charge in [-0.25, -0.2) is 13.5 Å². The SMILES string of the molecule is COc1c(F)cc2cnn(-c3ccc(Br)c(C)c3)c2c1F. The lowest BCUT2D eigenvalue weighted by atomic mass is 10.2. The van der Waals surface area contributed by atoms with Crippen molar-refractivity contribution in [2.45, 2.75) is 6.92 Å². The molecule has 0 bridgehead atoms. The summed E-state index contributed by atoms with van der Waals surface area (Å²) in [6.07, 6.45) is 1.43. The van der Waals surface area contributed by atoms with Gasteiger partial charge in [-0.1, -0.05) is 15.9 Å². The number of halogens is 3. The average molecular weight is 353 g/mol. The summed E-state index contributed by atoms with van der Waals surface area (Å²) in [4.78, 5) is 0. The van der Waals surface area contributed by atoms with Crippen molar-refractivity contribution in [3.63, 3.8) is 0 Å². The van der Waals surface area contributed by atoms with Crippen LogP contribution >= 0.6 is 15.9 Å². The second-order valence-electron chi connectivity index (χ2n) is 4.63. The maximum Gasteiger partial charge on any atom is 0.194 e. The van der Waals surface area contributed by atoms with E-state index in [4.69, 9.17) is 4.74 Å². The van der Waals surface area contributed by atoms with E-state index in [2.05, 4.69) is 21.0 Å². The number of aryl methyl sites for hydroxylation is 1. The lowest BCUT2D eigenvalue weighted by Gasteiger charge is -2.09. The molecule has 0 spiro atoms. The molecule has 0 atom stereocenters. The lowest BCUT2D eigenvalue weighted by molar-refractivity contribution is 0.362. The van der Waals surface area contributed by atoms with Crippen molar-refractivity contribution in [2.24, 2.45) is 0 Å². The van der Waals surface area contributed by atoms with Crippen LogP contribution in [0.4, 0.5) is 8.78 Å². The molecule has 0 amide bonds. The molecule has 0 saturated heterocycles. The highest BCUT2D eigenvalue weighted by atomic mass is 79.9. The number of benzene rings is 2. The highest BCUT2D eigenvalue weighted by Gasteiger charge is 2.19. The molecule has 1 aromatic heterocycles. The quantitative estimate of drug-likeness (QED) is 0.684. The molecule has 3 nitrogen and oxygen atoms in total. The van der Waals surface area contributed by atoms with Crippen molar-refractivity contribution in [1.29, 1.82) is 0 Å². The first-order valence-corrected chi connectivity index (χ1v) is 6.98. The van der Waals surface area contributed by atoms with Crippen molar-refractivity contribution < 1.29 is 13.5 Å². The van der Waals surface area contributed by atoms with Gasteiger partial charge in [0.2, 0.25) is 0 Å².